The highest BCUT2D eigenvalue weighted by Gasteiger charge is 2.25. The number of unbranched alkanes of at least 4 members (excludes halogenated alkanes) is 1. The van der Waals surface area contributed by atoms with Crippen LogP contribution in [-0.2, 0) is 6.42 Å². The SMILES string of the molecule is NN/N=C(\N)c1c(-c2cc[nH]n2)cc(-c2ccc(CCCCC(F)(F)F)cc2)[nH]c1=O. The molecule has 3 aromatic rings. The van der Waals surface area contributed by atoms with Gasteiger partial charge < -0.3 is 10.7 Å². The van der Waals surface area contributed by atoms with Gasteiger partial charge in [-0.1, -0.05) is 24.3 Å². The van der Waals surface area contributed by atoms with Crippen molar-refractivity contribution in [2.24, 2.45) is 16.7 Å². The summed E-state index contributed by atoms with van der Waals surface area (Å²) in [6, 6.07) is 10.7. The van der Waals surface area contributed by atoms with E-state index in [1.165, 1.54) is 0 Å². The standard InChI is InChI=1S/C20H22F3N7O/c21-20(22,23)9-2-1-3-12-4-6-13(7-5-12)16-11-14(15-8-10-26-28-15)17(19(31)27-16)18(24)29-30-25/h4-8,10-11,30H,1-3,9,25H2,(H2,24,29)(H,26,28)(H,27,31). The monoisotopic (exact) mass is 433 g/mol. The number of nitrogens with one attached hydrogen (secondary N) is 3. The second-order valence-electron chi connectivity index (χ2n) is 6.91. The highest BCUT2D eigenvalue weighted by atomic mass is 19.4. The zero-order valence-corrected chi connectivity index (χ0v) is 16.5. The number of nitrogens with two attached hydrogens (primary N) is 2. The minimum atomic E-state index is -4.12. The number of hydrazine groups is 1. The fourth-order valence-corrected chi connectivity index (χ4v) is 3.21. The van der Waals surface area contributed by atoms with Gasteiger partial charge in [0.1, 0.15) is 0 Å². The Morgan fingerprint density at radius 2 is 1.90 bits per heavy atom. The Morgan fingerprint density at radius 1 is 1.16 bits per heavy atom. The van der Waals surface area contributed by atoms with Gasteiger partial charge >= 0.3 is 6.18 Å². The summed E-state index contributed by atoms with van der Waals surface area (Å²) in [4.78, 5) is 15.5. The first-order valence-corrected chi connectivity index (χ1v) is 9.51. The molecule has 0 fully saturated rings. The van der Waals surface area contributed by atoms with Crippen LogP contribution in [0.4, 0.5) is 13.2 Å². The molecule has 0 aliphatic rings. The van der Waals surface area contributed by atoms with Crippen LogP contribution in [-0.4, -0.2) is 27.2 Å². The van der Waals surface area contributed by atoms with Gasteiger partial charge in [0.25, 0.3) is 5.56 Å². The molecule has 31 heavy (non-hydrogen) atoms. The number of hydrogen-bond donors (Lipinski definition) is 5. The molecular weight excluding hydrogens is 411 g/mol. The molecule has 0 saturated heterocycles. The van der Waals surface area contributed by atoms with E-state index in [0.29, 0.717) is 29.8 Å². The number of alkyl halides is 3. The van der Waals surface area contributed by atoms with E-state index in [4.69, 9.17) is 11.6 Å². The first kappa shape index (κ1) is 22.1. The van der Waals surface area contributed by atoms with Crippen molar-refractivity contribution in [1.82, 2.24) is 20.7 Å². The molecule has 2 aromatic heterocycles. The maximum absolute atomic E-state index is 12.8. The molecule has 0 spiro atoms. The molecule has 0 atom stereocenters. The minimum absolute atomic E-state index is 0.0910. The Kier molecular flexibility index (Phi) is 6.75. The van der Waals surface area contributed by atoms with Crippen LogP contribution in [0.5, 0.6) is 0 Å². The molecule has 11 heteroatoms. The molecule has 2 heterocycles. The quantitative estimate of drug-likeness (QED) is 0.122. The summed E-state index contributed by atoms with van der Waals surface area (Å²) < 4.78 is 36.8. The predicted molar refractivity (Wildman–Crippen MR) is 112 cm³/mol. The maximum Gasteiger partial charge on any atom is 0.389 e. The minimum Gasteiger partial charge on any atom is -0.382 e. The van der Waals surface area contributed by atoms with Gasteiger partial charge in [-0.3, -0.25) is 9.89 Å². The highest BCUT2D eigenvalue weighted by Crippen LogP contribution is 2.26. The molecular formula is C20H22F3N7O. The molecule has 3 rings (SSSR count). The molecule has 0 aliphatic heterocycles. The summed E-state index contributed by atoms with van der Waals surface area (Å²) >= 11 is 0. The Bertz CT molecular complexity index is 1090. The summed E-state index contributed by atoms with van der Waals surface area (Å²) in [7, 11) is 0. The van der Waals surface area contributed by atoms with Crippen molar-refractivity contribution in [3.63, 3.8) is 0 Å². The smallest absolute Gasteiger partial charge is 0.382 e. The number of pyridine rings is 1. The fraction of sp³-hybridized carbons (Fsp3) is 0.250. The van der Waals surface area contributed by atoms with Crippen LogP contribution in [0.25, 0.3) is 22.5 Å². The topological polar surface area (TPSA) is 138 Å². The Hall–Kier alpha value is -3.60. The van der Waals surface area contributed by atoms with Crippen molar-refractivity contribution in [3.8, 4) is 22.5 Å². The summed E-state index contributed by atoms with van der Waals surface area (Å²) in [6.07, 6.45) is -2.20. The van der Waals surface area contributed by atoms with Gasteiger partial charge in [-0.15, -0.1) is 5.10 Å². The average molecular weight is 433 g/mol. The lowest BCUT2D eigenvalue weighted by molar-refractivity contribution is -0.135. The predicted octanol–water partition coefficient (Wildman–Crippen LogP) is 2.79. The van der Waals surface area contributed by atoms with Crippen LogP contribution in [0.1, 0.15) is 30.4 Å². The number of aromatic amines is 2. The van der Waals surface area contributed by atoms with Crippen molar-refractivity contribution in [2.75, 3.05) is 0 Å². The first-order valence-electron chi connectivity index (χ1n) is 9.51. The third-order valence-electron chi connectivity index (χ3n) is 4.69. The first-order chi connectivity index (χ1) is 14.8. The van der Waals surface area contributed by atoms with E-state index in [-0.39, 0.29) is 17.8 Å². The zero-order valence-electron chi connectivity index (χ0n) is 16.5. The Balaban J connectivity index is 1.86. The molecule has 7 N–H and O–H groups in total. The van der Waals surface area contributed by atoms with Gasteiger partial charge in [0.15, 0.2) is 5.84 Å². The van der Waals surface area contributed by atoms with Crippen LogP contribution in [0.3, 0.4) is 0 Å². The number of hydrogen-bond acceptors (Lipinski definition) is 5. The lowest BCUT2D eigenvalue weighted by Crippen LogP contribution is -2.29. The van der Waals surface area contributed by atoms with Gasteiger partial charge in [-0.25, -0.2) is 11.4 Å². The molecule has 1 aromatic carbocycles. The summed E-state index contributed by atoms with van der Waals surface area (Å²) in [5.74, 6) is 5.08. The molecule has 0 unspecified atom stereocenters. The van der Waals surface area contributed by atoms with Gasteiger partial charge in [0, 0.05) is 23.9 Å². The average Bonchev–Trinajstić information content (AvgIpc) is 3.25. The molecule has 0 bridgehead atoms. The third kappa shape index (κ3) is 5.72. The van der Waals surface area contributed by atoms with Crippen molar-refractivity contribution in [2.45, 2.75) is 31.9 Å². The lowest BCUT2D eigenvalue weighted by Gasteiger charge is -2.10. The maximum atomic E-state index is 12.8. The molecule has 0 radical (unpaired) electrons. The van der Waals surface area contributed by atoms with Gasteiger partial charge in [-0.05, 0) is 42.5 Å². The number of hydrazone groups is 1. The van der Waals surface area contributed by atoms with Crippen LogP contribution in [0.15, 0.2) is 52.5 Å². The molecule has 0 amide bonds. The van der Waals surface area contributed by atoms with E-state index in [9.17, 15) is 18.0 Å². The van der Waals surface area contributed by atoms with Crippen LogP contribution >= 0.6 is 0 Å². The Labute approximate surface area is 175 Å². The van der Waals surface area contributed by atoms with Gasteiger partial charge in [-0.2, -0.15) is 18.3 Å². The van der Waals surface area contributed by atoms with E-state index >= 15 is 0 Å². The number of aromatic nitrogens is 3. The third-order valence-corrected chi connectivity index (χ3v) is 4.69. The van der Waals surface area contributed by atoms with E-state index < -0.39 is 18.2 Å². The number of amidine groups is 1. The van der Waals surface area contributed by atoms with Crippen LogP contribution in [0.2, 0.25) is 0 Å². The molecule has 0 aliphatic carbocycles. The highest BCUT2D eigenvalue weighted by molar-refractivity contribution is 6.03. The second kappa shape index (κ2) is 9.47. The molecule has 164 valence electrons. The van der Waals surface area contributed by atoms with E-state index in [2.05, 4.69) is 25.8 Å². The number of H-pyrrole nitrogens is 2. The van der Waals surface area contributed by atoms with Crippen molar-refractivity contribution >= 4 is 5.84 Å². The molecule has 8 nitrogen and oxygen atoms in total. The van der Waals surface area contributed by atoms with Crippen LogP contribution in [0, 0.1) is 0 Å². The summed E-state index contributed by atoms with van der Waals surface area (Å²) in [6.45, 7) is 0. The molecule has 0 saturated carbocycles. The van der Waals surface area contributed by atoms with Crippen LogP contribution < -0.4 is 22.7 Å². The number of nitrogens with zero attached hydrogens (tertiary/aromatic N) is 2. The van der Waals surface area contributed by atoms with Crippen molar-refractivity contribution in [1.29, 1.82) is 0 Å². The van der Waals surface area contributed by atoms with E-state index in [0.717, 1.165) is 11.1 Å². The fourth-order valence-electron chi connectivity index (χ4n) is 3.21. The largest absolute Gasteiger partial charge is 0.389 e. The Morgan fingerprint density at radius 3 is 2.52 bits per heavy atom. The number of rotatable bonds is 8. The van der Waals surface area contributed by atoms with Crippen molar-refractivity contribution < 1.29 is 13.2 Å². The lowest BCUT2D eigenvalue weighted by atomic mass is 10.00. The number of halogens is 3. The second-order valence-corrected chi connectivity index (χ2v) is 6.91. The van der Waals surface area contributed by atoms with Crippen molar-refractivity contribution in [3.05, 3.63) is 64.1 Å². The van der Waals surface area contributed by atoms with Gasteiger partial charge in [0.05, 0.1) is 11.3 Å². The summed E-state index contributed by atoms with van der Waals surface area (Å²) in [5, 5.41) is 10.5. The van der Waals surface area contributed by atoms with Gasteiger partial charge in [0.2, 0.25) is 0 Å². The summed E-state index contributed by atoms with van der Waals surface area (Å²) in [5.41, 5.74) is 10.7. The number of aryl methyl sites for hydroxylation is 1. The number of benzene rings is 1. The zero-order chi connectivity index (χ0) is 22.4. The normalized spacial score (nSPS) is 12.2. The van der Waals surface area contributed by atoms with E-state index in [1.807, 2.05) is 12.1 Å². The van der Waals surface area contributed by atoms with E-state index in [1.54, 1.807) is 30.5 Å².